The second-order valence-corrected chi connectivity index (χ2v) is 22.2. The molecule has 0 aromatic heterocycles. The molecule has 33 nitrogen and oxygen atoms in total. The van der Waals surface area contributed by atoms with Crippen LogP contribution in [0.3, 0.4) is 0 Å². The van der Waals surface area contributed by atoms with Gasteiger partial charge in [0.2, 0.25) is 0 Å². The second kappa shape index (κ2) is 41.7. The van der Waals surface area contributed by atoms with Crippen LogP contribution < -0.4 is 52.1 Å². The Kier molecular flexibility index (Phi) is 33.2. The highest BCUT2D eigenvalue weighted by molar-refractivity contribution is 5.98. The van der Waals surface area contributed by atoms with Crippen molar-refractivity contribution in [1.82, 2.24) is 0 Å². The van der Waals surface area contributed by atoms with Gasteiger partial charge in [0.25, 0.3) is 0 Å². The van der Waals surface area contributed by atoms with Crippen LogP contribution in [0.25, 0.3) is 0 Å². The van der Waals surface area contributed by atoms with Gasteiger partial charge in [-0.15, -0.1) is 0 Å². The Balaban J connectivity index is 1.38. The first-order valence-corrected chi connectivity index (χ1v) is 31.8. The fourth-order valence-corrected chi connectivity index (χ4v) is 10.5. The van der Waals surface area contributed by atoms with Crippen molar-refractivity contribution < 1.29 is 159 Å². The quantitative estimate of drug-likeness (QED) is 0.0208. The molecule has 0 aliphatic carbocycles. The third kappa shape index (κ3) is 21.8. The van der Waals surface area contributed by atoms with E-state index in [9.17, 15) is 64.5 Å². The van der Waals surface area contributed by atoms with Crippen molar-refractivity contribution in [2.24, 2.45) is 0 Å². The van der Waals surface area contributed by atoms with Gasteiger partial charge in [-0.05, 0) is 87.5 Å². The minimum atomic E-state index is -1.58. The van der Waals surface area contributed by atoms with Gasteiger partial charge in [-0.2, -0.15) is 0 Å². The largest absolute Gasteiger partial charge is 0.497 e. The summed E-state index contributed by atoms with van der Waals surface area (Å²) in [6.45, 7) is -10.4. The van der Waals surface area contributed by atoms with Gasteiger partial charge in [-0.1, -0.05) is 0 Å². The maximum Gasteiger partial charge on any atom is 0.345 e. The van der Waals surface area contributed by atoms with Crippen molar-refractivity contribution in [3.63, 3.8) is 0 Å². The van der Waals surface area contributed by atoms with Gasteiger partial charge >= 0.3 is 35.8 Å². The van der Waals surface area contributed by atoms with E-state index in [-0.39, 0.29) is 130 Å². The Morgan fingerprint density at radius 1 is 0.248 bits per heavy atom. The van der Waals surface area contributed by atoms with E-state index in [1.807, 2.05) is 0 Å². The number of aliphatic hydroxyl groups excluding tert-OH is 7. The molecule has 0 heterocycles. The van der Waals surface area contributed by atoms with Crippen molar-refractivity contribution in [1.29, 1.82) is 0 Å². The topological polar surface area (TPSA) is 429 Å². The van der Waals surface area contributed by atoms with Crippen molar-refractivity contribution >= 4 is 35.8 Å². The maximum atomic E-state index is 14.5. The highest BCUT2D eigenvalue weighted by Gasteiger charge is 2.33. The summed E-state index contributed by atoms with van der Waals surface area (Å²) in [7, 11) is 14.2. The van der Waals surface area contributed by atoms with Gasteiger partial charge in [0, 0.05) is 24.3 Å². The first-order chi connectivity index (χ1) is 50.7. The zero-order valence-electron chi connectivity index (χ0n) is 59.6. The molecule has 7 N–H and O–H groups in total. The minimum absolute atomic E-state index is 0.00423. The van der Waals surface area contributed by atoms with E-state index in [1.54, 1.807) is 0 Å². The number of hydrogen-bond donors (Lipinski definition) is 7. The van der Waals surface area contributed by atoms with Gasteiger partial charge in [0.05, 0.1) is 170 Å². The highest BCUT2D eigenvalue weighted by atomic mass is 16.6. The summed E-state index contributed by atoms with van der Waals surface area (Å²) in [4.78, 5) is 85.6. The summed E-state index contributed by atoms with van der Waals surface area (Å²) in [5, 5.41) is 72.4. The van der Waals surface area contributed by atoms with Crippen molar-refractivity contribution in [3.8, 4) is 63.2 Å². The van der Waals surface area contributed by atoms with Crippen molar-refractivity contribution in [3.05, 3.63) is 145 Å². The van der Waals surface area contributed by atoms with Gasteiger partial charge in [0.1, 0.15) is 116 Å². The summed E-state index contributed by atoms with van der Waals surface area (Å²) in [5.74, 6) is -6.13. The maximum absolute atomic E-state index is 14.5. The SMILES string of the molecule is COc1cc(CO)c(C(=O)OCC(COCC(COCC(COCC(COC(=O)c2c(OC)cc(CO)cc2OC)OC(=O)c2c(CO)cc(OC)cc2OC)OC(=O)c2c(CO)cc(OC)cc2OC)OC(=O)c2c(CO)cc(OC)cc2OC)OC(=O)c2c(CO)cc(OC)cc2OC)c(CO)c1. The summed E-state index contributed by atoms with van der Waals surface area (Å²) < 4.78 is 113. The molecule has 6 rings (SSSR count). The Bertz CT molecular complexity index is 3530. The molecule has 0 spiro atoms. The number of hydrogen-bond acceptors (Lipinski definition) is 33. The van der Waals surface area contributed by atoms with E-state index in [4.69, 9.17) is 94.7 Å². The summed E-state index contributed by atoms with van der Waals surface area (Å²) in [6.07, 6.45) is -6.24. The molecule has 0 bridgehead atoms. The number of ether oxygens (including phenoxy) is 20. The summed E-state index contributed by atoms with van der Waals surface area (Å²) in [5.41, 5.74) is -1.22. The zero-order chi connectivity index (χ0) is 76.9. The van der Waals surface area contributed by atoms with Crippen LogP contribution >= 0.6 is 0 Å². The molecule has 0 saturated carbocycles. The standard InChI is InChI=1S/C72H86O33/c1-86-46-14-40(25-74)61(41(15-46)26-75)67(80)100-37-53(104-71(84)64-44(29-78)18-49(89-4)22-59(64)95-10)35-98-33-51(102-69(82)62-42(27-76)16-47(87-2)20-57(62)93-8)31-97-32-52(103-70(83)63-43(28-77)17-48(88-3)21-58(63)94-9)34-99-36-54(105-72(85)65-45(30-79)19-50(90-5)23-60(65)96-11)38-101-68(81)66-55(91-6)12-39(24-73)13-56(66)92-7/h12-23,51-54,73-79H,24-38H2,1-11H3. The Morgan fingerprint density at radius 2 is 0.457 bits per heavy atom. The third-order valence-electron chi connectivity index (χ3n) is 15.7. The number of methoxy groups -OCH3 is 11. The number of benzene rings is 6. The molecule has 0 radical (unpaired) electrons. The number of rotatable bonds is 44. The zero-order valence-corrected chi connectivity index (χ0v) is 59.6. The second-order valence-electron chi connectivity index (χ2n) is 22.2. The predicted molar refractivity (Wildman–Crippen MR) is 362 cm³/mol. The van der Waals surface area contributed by atoms with E-state index in [0.29, 0.717) is 5.56 Å². The molecule has 6 aromatic rings. The lowest BCUT2D eigenvalue weighted by atomic mass is 10.0. The monoisotopic (exact) mass is 1480 g/mol. The van der Waals surface area contributed by atoms with E-state index in [0.717, 1.165) is 0 Å². The van der Waals surface area contributed by atoms with E-state index >= 15 is 0 Å². The average Bonchev–Trinajstić information content (AvgIpc) is 0.932. The molecule has 33 heteroatoms. The highest BCUT2D eigenvalue weighted by Crippen LogP contribution is 2.36. The molecule has 572 valence electrons. The van der Waals surface area contributed by atoms with Gasteiger partial charge < -0.3 is 130 Å². The smallest absolute Gasteiger partial charge is 0.345 e. The van der Waals surface area contributed by atoms with Crippen LogP contribution in [-0.4, -0.2) is 227 Å². The molecule has 0 aliphatic rings. The van der Waals surface area contributed by atoms with Crippen LogP contribution in [0.1, 0.15) is 101 Å². The molecule has 0 saturated heterocycles. The molecule has 105 heavy (non-hydrogen) atoms. The molecule has 0 amide bonds. The van der Waals surface area contributed by atoms with E-state index in [2.05, 4.69) is 0 Å². The molecule has 4 unspecified atom stereocenters. The van der Waals surface area contributed by atoms with Gasteiger partial charge in [0.15, 0.2) is 12.2 Å². The summed E-state index contributed by atoms with van der Waals surface area (Å²) >= 11 is 0. The van der Waals surface area contributed by atoms with Crippen LogP contribution in [-0.2, 0) is 88.9 Å². The van der Waals surface area contributed by atoms with Crippen LogP contribution in [0, 0.1) is 0 Å². The lowest BCUT2D eigenvalue weighted by Crippen LogP contribution is -2.36. The van der Waals surface area contributed by atoms with Crippen LogP contribution in [0.15, 0.2) is 72.8 Å². The molecule has 4 atom stereocenters. The van der Waals surface area contributed by atoms with Gasteiger partial charge in [-0.3, -0.25) is 0 Å². The normalized spacial score (nSPS) is 12.1. The molecule has 0 aliphatic heterocycles. The van der Waals surface area contributed by atoms with Crippen LogP contribution in [0.2, 0.25) is 0 Å². The fraction of sp³-hybridized carbons (Fsp3) is 0.417. The minimum Gasteiger partial charge on any atom is -0.497 e. The lowest BCUT2D eigenvalue weighted by molar-refractivity contribution is -0.0874. The molecular formula is C72H86O33. The number of carbonyl (C=O) groups excluding carboxylic acids is 6. The van der Waals surface area contributed by atoms with Crippen LogP contribution in [0.4, 0.5) is 0 Å². The fourth-order valence-electron chi connectivity index (χ4n) is 10.5. The molecule has 0 fully saturated rings. The van der Waals surface area contributed by atoms with Crippen LogP contribution in [0.5, 0.6) is 63.2 Å². The van der Waals surface area contributed by atoms with Crippen molar-refractivity contribution in [2.75, 3.05) is 131 Å². The molecule has 6 aromatic carbocycles. The number of carbonyl (C=O) groups is 6. The number of aliphatic hydroxyl groups is 7. The van der Waals surface area contributed by atoms with E-state index in [1.165, 1.54) is 151 Å². The Morgan fingerprint density at radius 3 is 0.676 bits per heavy atom. The van der Waals surface area contributed by atoms with Gasteiger partial charge in [-0.25, -0.2) is 28.8 Å². The third-order valence-corrected chi connectivity index (χ3v) is 15.7. The first kappa shape index (κ1) is 83.5. The van der Waals surface area contributed by atoms with Crippen molar-refractivity contribution in [2.45, 2.75) is 70.7 Å². The number of esters is 6. The predicted octanol–water partition coefficient (Wildman–Crippen LogP) is 4.19. The Labute approximate surface area is 603 Å². The first-order valence-electron chi connectivity index (χ1n) is 31.8. The average molecular weight is 1480 g/mol. The van der Waals surface area contributed by atoms with E-state index < -0.39 is 159 Å². The summed E-state index contributed by atoms with van der Waals surface area (Å²) in [6, 6.07) is 16.2. The Hall–Kier alpha value is -10.5. The molecular weight excluding hydrogens is 1390 g/mol. The lowest BCUT2D eigenvalue weighted by Gasteiger charge is -2.25.